The molecule has 0 aliphatic carbocycles. The first-order chi connectivity index (χ1) is 16.1. The van der Waals surface area contributed by atoms with Crippen molar-refractivity contribution in [3.63, 3.8) is 0 Å². The highest BCUT2D eigenvalue weighted by Gasteiger charge is 2.40. The van der Waals surface area contributed by atoms with E-state index in [9.17, 15) is 14.4 Å². The molecule has 10 heteroatoms. The number of carbonyl (C=O) groups excluding carboxylic acids is 3. The van der Waals surface area contributed by atoms with Gasteiger partial charge in [0.05, 0.1) is 5.57 Å². The number of rotatable bonds is 8. The molecule has 4 rings (SSSR count). The zero-order valence-corrected chi connectivity index (χ0v) is 17.8. The van der Waals surface area contributed by atoms with E-state index in [4.69, 9.17) is 0 Å². The van der Waals surface area contributed by atoms with Gasteiger partial charge in [0.2, 0.25) is 5.91 Å². The van der Waals surface area contributed by atoms with E-state index in [1.54, 1.807) is 18.3 Å². The van der Waals surface area contributed by atoms with E-state index in [1.807, 2.05) is 37.3 Å². The minimum absolute atomic E-state index is 0.105. The second-order valence-corrected chi connectivity index (χ2v) is 7.30. The van der Waals surface area contributed by atoms with Crippen molar-refractivity contribution in [2.75, 3.05) is 0 Å². The molecule has 0 saturated carbocycles. The molecular weight excluding hydrogens is 422 g/mol. The van der Waals surface area contributed by atoms with Crippen molar-refractivity contribution >= 4 is 28.6 Å². The third kappa shape index (κ3) is 4.76. The van der Waals surface area contributed by atoms with Gasteiger partial charge in [-0.3, -0.25) is 19.3 Å². The first-order valence-electron chi connectivity index (χ1n) is 10.4. The molecular formula is C23H21N7O3. The molecule has 0 radical (unpaired) electrons. The number of nitrogens with one attached hydrogen (secondary N) is 2. The Kier molecular flexibility index (Phi) is 6.47. The predicted octanol–water partition coefficient (Wildman–Crippen LogP) is 3.28. The van der Waals surface area contributed by atoms with Crippen LogP contribution in [0.2, 0.25) is 0 Å². The average Bonchev–Trinajstić information content (AvgIpc) is 3.53. The molecule has 166 valence electrons. The standard InChI is InChI=1S/C23H21N7O3/c1-2-3-4-5-6-9-15-13-20(31)30(22(15)33)19(21(32)25-23-26-28-29-27-23)12-16-14-24-18-11-8-7-10-17(16)18/h3-5,7-11,13-14,19,23-24H,2,12H2,1H3,(H,25,32)/b4-3-. The van der Waals surface area contributed by atoms with E-state index in [0.717, 1.165) is 27.8 Å². The Hall–Kier alpha value is -4.43. The largest absolute Gasteiger partial charge is 0.361 e. The van der Waals surface area contributed by atoms with Crippen molar-refractivity contribution in [2.45, 2.75) is 32.1 Å². The van der Waals surface area contributed by atoms with Crippen LogP contribution in [-0.4, -0.2) is 39.9 Å². The summed E-state index contributed by atoms with van der Waals surface area (Å²) in [6, 6.07) is 6.46. The average molecular weight is 443 g/mol. The first kappa shape index (κ1) is 21.8. The Labute approximate surface area is 189 Å². The number of allylic oxidation sites excluding steroid dienone is 2. The molecule has 3 amide bonds. The highest BCUT2D eigenvalue weighted by Crippen LogP contribution is 2.24. The van der Waals surface area contributed by atoms with Crippen LogP contribution in [0.25, 0.3) is 10.9 Å². The molecule has 2 aromatic rings. The second-order valence-electron chi connectivity index (χ2n) is 7.30. The molecule has 0 fully saturated rings. The summed E-state index contributed by atoms with van der Waals surface area (Å²) in [7, 11) is 0. The summed E-state index contributed by atoms with van der Waals surface area (Å²) >= 11 is 0. The zero-order valence-electron chi connectivity index (χ0n) is 17.8. The minimum atomic E-state index is -1.12. The summed E-state index contributed by atoms with van der Waals surface area (Å²) < 4.78 is 0. The molecule has 0 spiro atoms. The van der Waals surface area contributed by atoms with Crippen molar-refractivity contribution in [2.24, 2.45) is 20.7 Å². The summed E-state index contributed by atoms with van der Waals surface area (Å²) in [5.41, 5.74) is 4.69. The number of para-hydroxylation sites is 1. The number of aromatic amines is 1. The summed E-state index contributed by atoms with van der Waals surface area (Å²) in [4.78, 5) is 43.1. The van der Waals surface area contributed by atoms with Crippen LogP contribution >= 0.6 is 0 Å². The molecule has 33 heavy (non-hydrogen) atoms. The summed E-state index contributed by atoms with van der Waals surface area (Å²) in [5.74, 6) is -1.74. The topological polar surface area (TPSA) is 132 Å². The van der Waals surface area contributed by atoms with Crippen LogP contribution in [0.5, 0.6) is 0 Å². The van der Waals surface area contributed by atoms with Gasteiger partial charge >= 0.3 is 0 Å². The smallest absolute Gasteiger partial charge is 0.262 e. The molecule has 1 unspecified atom stereocenters. The number of carbonyl (C=O) groups is 3. The number of imide groups is 1. The van der Waals surface area contributed by atoms with E-state index < -0.39 is 30.1 Å². The van der Waals surface area contributed by atoms with Gasteiger partial charge in [0.15, 0.2) is 0 Å². The second kappa shape index (κ2) is 9.80. The monoisotopic (exact) mass is 443 g/mol. The number of hydrogen-bond donors (Lipinski definition) is 2. The number of amides is 3. The number of aromatic nitrogens is 1. The molecule has 2 aliphatic rings. The number of H-pyrrole nitrogens is 1. The summed E-state index contributed by atoms with van der Waals surface area (Å²) in [6.07, 6.45) is 9.77. The third-order valence-corrected chi connectivity index (χ3v) is 5.12. The van der Waals surface area contributed by atoms with E-state index in [2.05, 4.69) is 36.7 Å². The van der Waals surface area contributed by atoms with Crippen molar-refractivity contribution in [3.05, 3.63) is 77.7 Å². The fourth-order valence-corrected chi connectivity index (χ4v) is 3.56. The van der Waals surface area contributed by atoms with Gasteiger partial charge < -0.3 is 10.3 Å². The van der Waals surface area contributed by atoms with Crippen LogP contribution in [0.3, 0.4) is 0 Å². The highest BCUT2D eigenvalue weighted by molar-refractivity contribution is 6.19. The van der Waals surface area contributed by atoms with Crippen molar-refractivity contribution in [1.29, 1.82) is 0 Å². The van der Waals surface area contributed by atoms with Gasteiger partial charge in [0.25, 0.3) is 18.1 Å². The maximum Gasteiger partial charge on any atom is 0.262 e. The van der Waals surface area contributed by atoms with Crippen molar-refractivity contribution in [1.82, 2.24) is 15.2 Å². The van der Waals surface area contributed by atoms with E-state index in [0.29, 0.717) is 0 Å². The number of fused-ring (bicyclic) bond motifs is 1. The van der Waals surface area contributed by atoms with Crippen LogP contribution in [0, 0.1) is 0 Å². The van der Waals surface area contributed by atoms with Gasteiger partial charge in [-0.1, -0.05) is 37.3 Å². The van der Waals surface area contributed by atoms with Crippen LogP contribution in [0.15, 0.2) is 92.8 Å². The van der Waals surface area contributed by atoms with Gasteiger partial charge in [-0.2, -0.15) is 0 Å². The van der Waals surface area contributed by atoms with Gasteiger partial charge in [0, 0.05) is 29.6 Å². The van der Waals surface area contributed by atoms with Crippen LogP contribution in [0.4, 0.5) is 0 Å². The molecule has 3 heterocycles. The lowest BCUT2D eigenvalue weighted by molar-refractivity contribution is -0.145. The van der Waals surface area contributed by atoms with E-state index in [1.165, 1.54) is 12.2 Å². The minimum Gasteiger partial charge on any atom is -0.361 e. The Morgan fingerprint density at radius 3 is 2.85 bits per heavy atom. The lowest BCUT2D eigenvalue weighted by Gasteiger charge is -2.25. The SMILES string of the molecule is CC/C=C\C=C=CC1=CC(=O)N(C(Cc2c[nH]c3ccccc23)C(=O)NC2N=NN=N2)C1=O. The fourth-order valence-electron chi connectivity index (χ4n) is 3.56. The van der Waals surface area contributed by atoms with Gasteiger partial charge in [-0.15, -0.1) is 16.0 Å². The lowest BCUT2D eigenvalue weighted by Crippen LogP contribution is -2.52. The number of hydrogen-bond acceptors (Lipinski definition) is 7. The van der Waals surface area contributed by atoms with Crippen molar-refractivity contribution < 1.29 is 14.4 Å². The zero-order chi connectivity index (χ0) is 23.2. The van der Waals surface area contributed by atoms with Crippen LogP contribution in [-0.2, 0) is 20.8 Å². The lowest BCUT2D eigenvalue weighted by atomic mass is 10.0. The molecule has 10 nitrogen and oxygen atoms in total. The van der Waals surface area contributed by atoms with Crippen molar-refractivity contribution in [3.8, 4) is 0 Å². The number of nitrogens with zero attached hydrogens (tertiary/aromatic N) is 5. The molecule has 2 aliphatic heterocycles. The predicted molar refractivity (Wildman–Crippen MR) is 119 cm³/mol. The Morgan fingerprint density at radius 2 is 2.06 bits per heavy atom. The summed E-state index contributed by atoms with van der Waals surface area (Å²) in [6.45, 7) is 2.00. The molecule has 1 aromatic heterocycles. The molecule has 2 N–H and O–H groups in total. The quantitative estimate of drug-likeness (QED) is 0.369. The fraction of sp³-hybridized carbons (Fsp3) is 0.217. The summed E-state index contributed by atoms with van der Waals surface area (Å²) in [5, 5.41) is 17.5. The van der Waals surface area contributed by atoms with Crippen LogP contribution < -0.4 is 5.32 Å². The molecule has 0 saturated heterocycles. The van der Waals surface area contributed by atoms with E-state index in [-0.39, 0.29) is 12.0 Å². The van der Waals surface area contributed by atoms with Gasteiger partial charge in [0.1, 0.15) is 6.04 Å². The normalized spacial score (nSPS) is 16.5. The highest BCUT2D eigenvalue weighted by atomic mass is 16.2. The molecule has 0 bridgehead atoms. The Balaban J connectivity index is 1.62. The third-order valence-electron chi connectivity index (χ3n) is 5.12. The molecule has 1 atom stereocenters. The Morgan fingerprint density at radius 1 is 1.27 bits per heavy atom. The van der Waals surface area contributed by atoms with Crippen LogP contribution in [0.1, 0.15) is 18.9 Å². The maximum absolute atomic E-state index is 13.1. The van der Waals surface area contributed by atoms with Gasteiger partial charge in [-0.05, 0) is 40.6 Å². The van der Waals surface area contributed by atoms with E-state index >= 15 is 0 Å². The number of benzene rings is 1. The van der Waals surface area contributed by atoms with Gasteiger partial charge in [-0.25, -0.2) is 0 Å². The maximum atomic E-state index is 13.1. The Bertz CT molecular complexity index is 1270. The molecule has 1 aromatic carbocycles. The first-order valence-corrected chi connectivity index (χ1v) is 10.4.